The van der Waals surface area contributed by atoms with Gasteiger partial charge in [-0.15, -0.1) is 0 Å². The van der Waals surface area contributed by atoms with E-state index in [4.69, 9.17) is 10.4 Å². The lowest BCUT2D eigenvalue weighted by atomic mass is 10.2. The van der Waals surface area contributed by atoms with Crippen LogP contribution in [-0.2, 0) is 17.6 Å². The zero-order valence-corrected chi connectivity index (χ0v) is 10.3. The first kappa shape index (κ1) is 11.6. The number of hydrogen-bond acceptors (Lipinski definition) is 3. The lowest BCUT2D eigenvalue weighted by Gasteiger charge is -1.99. The summed E-state index contributed by atoms with van der Waals surface area (Å²) < 4.78 is 2.52. The molecule has 0 saturated heterocycles. The lowest BCUT2D eigenvalue weighted by Crippen LogP contribution is -2.04. The van der Waals surface area contributed by atoms with Crippen LogP contribution in [0, 0.1) is 11.3 Å². The fraction of sp³-hybridized carbons (Fsp3) is 0.182. The third-order valence-electron chi connectivity index (χ3n) is 2.35. The maximum Gasteiger partial charge on any atom is 0.309 e. The molecule has 2 heterocycles. The number of rotatable bonds is 3. The Bertz CT molecular complexity index is 627. The Kier molecular flexibility index (Phi) is 3.11. The topological polar surface area (TPSA) is 78.4 Å². The summed E-state index contributed by atoms with van der Waals surface area (Å²) in [4.78, 5) is 15.0. The highest BCUT2D eigenvalue weighted by Crippen LogP contribution is 2.21. The molecule has 0 atom stereocenters. The van der Waals surface area contributed by atoms with Crippen LogP contribution in [-0.4, -0.2) is 20.5 Å². The number of hydrogen-bond donors (Lipinski definition) is 1. The van der Waals surface area contributed by atoms with E-state index in [2.05, 4.69) is 20.9 Å². The van der Waals surface area contributed by atoms with E-state index in [0.717, 1.165) is 4.47 Å². The zero-order chi connectivity index (χ0) is 12.4. The summed E-state index contributed by atoms with van der Waals surface area (Å²) in [6, 6.07) is 5.66. The van der Waals surface area contributed by atoms with Crippen LogP contribution in [0.2, 0.25) is 0 Å². The van der Waals surface area contributed by atoms with Crippen molar-refractivity contribution in [1.82, 2.24) is 9.38 Å². The van der Waals surface area contributed by atoms with Crippen molar-refractivity contribution in [2.45, 2.75) is 12.8 Å². The van der Waals surface area contributed by atoms with Gasteiger partial charge in [-0.2, -0.15) is 5.26 Å². The number of fused-ring (bicyclic) bond motifs is 1. The molecule has 0 aromatic carbocycles. The molecule has 0 radical (unpaired) electrons. The van der Waals surface area contributed by atoms with E-state index in [1.165, 1.54) is 0 Å². The first-order valence-corrected chi connectivity index (χ1v) is 5.66. The molecule has 0 amide bonds. The first-order valence-electron chi connectivity index (χ1n) is 4.86. The van der Waals surface area contributed by atoms with Crippen molar-refractivity contribution in [3.63, 3.8) is 0 Å². The molecule has 0 fully saturated rings. The summed E-state index contributed by atoms with van der Waals surface area (Å²) in [5.41, 5.74) is 1.70. The molecule has 0 aliphatic rings. The molecule has 0 bridgehead atoms. The molecule has 86 valence electrons. The molecule has 0 aliphatic heterocycles. The number of nitriles is 1. The van der Waals surface area contributed by atoms with Crippen LogP contribution in [0.1, 0.15) is 11.4 Å². The Morgan fingerprint density at radius 2 is 2.41 bits per heavy atom. The minimum absolute atomic E-state index is 0.139. The van der Waals surface area contributed by atoms with Crippen molar-refractivity contribution < 1.29 is 9.90 Å². The number of halogens is 1. The Balaban J connectivity index is 2.66. The smallest absolute Gasteiger partial charge is 0.309 e. The predicted octanol–water partition coefficient (Wildman–Crippen LogP) is 1.79. The summed E-state index contributed by atoms with van der Waals surface area (Å²) in [7, 11) is 0. The van der Waals surface area contributed by atoms with Crippen LogP contribution in [0.3, 0.4) is 0 Å². The minimum atomic E-state index is -0.955. The number of pyridine rings is 1. The molecule has 2 aromatic rings. The van der Waals surface area contributed by atoms with Gasteiger partial charge in [0.05, 0.1) is 34.8 Å². The van der Waals surface area contributed by atoms with Crippen molar-refractivity contribution >= 4 is 27.5 Å². The van der Waals surface area contributed by atoms with Crippen molar-refractivity contribution in [2.24, 2.45) is 0 Å². The van der Waals surface area contributed by atoms with Gasteiger partial charge in [0, 0.05) is 6.20 Å². The quantitative estimate of drug-likeness (QED) is 0.936. The SMILES string of the molecule is N#CCc1c(CC(=O)O)nc2c(Br)cccn12. The van der Waals surface area contributed by atoms with E-state index in [1.807, 2.05) is 18.2 Å². The van der Waals surface area contributed by atoms with Gasteiger partial charge in [-0.25, -0.2) is 4.98 Å². The third-order valence-corrected chi connectivity index (χ3v) is 2.97. The summed E-state index contributed by atoms with van der Waals surface area (Å²) >= 11 is 3.35. The Labute approximate surface area is 105 Å². The third kappa shape index (κ3) is 2.15. The molecule has 17 heavy (non-hydrogen) atoms. The van der Waals surface area contributed by atoms with Gasteiger partial charge >= 0.3 is 5.97 Å². The van der Waals surface area contributed by atoms with E-state index in [0.29, 0.717) is 17.0 Å². The van der Waals surface area contributed by atoms with Gasteiger partial charge in [0.2, 0.25) is 0 Å². The van der Waals surface area contributed by atoms with Crippen LogP contribution >= 0.6 is 15.9 Å². The van der Waals surface area contributed by atoms with Gasteiger partial charge in [0.15, 0.2) is 5.65 Å². The van der Waals surface area contributed by atoms with Crippen LogP contribution in [0.5, 0.6) is 0 Å². The van der Waals surface area contributed by atoms with Crippen molar-refractivity contribution in [2.75, 3.05) is 0 Å². The Morgan fingerprint density at radius 3 is 3.06 bits per heavy atom. The van der Waals surface area contributed by atoms with Gasteiger partial charge in [-0.05, 0) is 28.1 Å². The molecule has 1 N–H and O–H groups in total. The van der Waals surface area contributed by atoms with Gasteiger partial charge in [-0.3, -0.25) is 4.79 Å². The number of imidazole rings is 1. The summed E-state index contributed by atoms with van der Waals surface area (Å²) in [6.45, 7) is 0. The number of aromatic nitrogens is 2. The lowest BCUT2D eigenvalue weighted by molar-refractivity contribution is -0.136. The fourth-order valence-corrected chi connectivity index (χ4v) is 2.11. The largest absolute Gasteiger partial charge is 0.481 e. The zero-order valence-electron chi connectivity index (χ0n) is 8.72. The fourth-order valence-electron chi connectivity index (χ4n) is 1.68. The van der Waals surface area contributed by atoms with Crippen LogP contribution < -0.4 is 0 Å². The summed E-state index contributed by atoms with van der Waals surface area (Å²) in [6.07, 6.45) is 1.73. The molecule has 6 heteroatoms. The highest BCUT2D eigenvalue weighted by molar-refractivity contribution is 9.10. The van der Waals surface area contributed by atoms with Gasteiger partial charge < -0.3 is 9.51 Å². The molecule has 0 spiro atoms. The van der Waals surface area contributed by atoms with E-state index < -0.39 is 5.97 Å². The average Bonchev–Trinajstić information content (AvgIpc) is 2.59. The van der Waals surface area contributed by atoms with E-state index >= 15 is 0 Å². The van der Waals surface area contributed by atoms with Gasteiger partial charge in [0.1, 0.15) is 0 Å². The van der Waals surface area contributed by atoms with E-state index in [9.17, 15) is 4.79 Å². The average molecular weight is 294 g/mol. The van der Waals surface area contributed by atoms with Crippen LogP contribution in [0.25, 0.3) is 5.65 Å². The molecule has 5 nitrogen and oxygen atoms in total. The Hall–Kier alpha value is -1.87. The van der Waals surface area contributed by atoms with Crippen LogP contribution in [0.4, 0.5) is 0 Å². The normalized spacial score (nSPS) is 10.4. The van der Waals surface area contributed by atoms with Crippen molar-refractivity contribution in [3.8, 4) is 6.07 Å². The first-order chi connectivity index (χ1) is 8.13. The van der Waals surface area contributed by atoms with Gasteiger partial charge in [0.25, 0.3) is 0 Å². The standard InChI is InChI=1S/C11H8BrN3O2/c12-7-2-1-5-15-9(3-4-13)8(6-10(16)17)14-11(7)15/h1-2,5H,3,6H2,(H,16,17). The molecule has 0 unspecified atom stereocenters. The molecule has 0 saturated carbocycles. The highest BCUT2D eigenvalue weighted by atomic mass is 79.9. The van der Waals surface area contributed by atoms with Crippen molar-refractivity contribution in [1.29, 1.82) is 5.26 Å². The molecular formula is C11H8BrN3O2. The maximum absolute atomic E-state index is 10.7. The maximum atomic E-state index is 10.7. The van der Waals surface area contributed by atoms with Crippen LogP contribution in [0.15, 0.2) is 22.8 Å². The number of carboxylic acid groups (broad SMARTS) is 1. The molecule has 0 aliphatic carbocycles. The number of carbonyl (C=O) groups is 1. The van der Waals surface area contributed by atoms with E-state index in [1.54, 1.807) is 10.6 Å². The molecule has 2 aromatic heterocycles. The summed E-state index contributed by atoms with van der Waals surface area (Å²) in [5, 5.41) is 17.6. The summed E-state index contributed by atoms with van der Waals surface area (Å²) in [5.74, 6) is -0.955. The number of carboxylic acids is 1. The highest BCUT2D eigenvalue weighted by Gasteiger charge is 2.15. The number of aliphatic carboxylic acids is 1. The van der Waals surface area contributed by atoms with E-state index in [-0.39, 0.29) is 12.8 Å². The van der Waals surface area contributed by atoms with Crippen molar-refractivity contribution in [3.05, 3.63) is 34.2 Å². The number of nitrogens with zero attached hydrogens (tertiary/aromatic N) is 3. The molecular weight excluding hydrogens is 286 g/mol. The second-order valence-electron chi connectivity index (χ2n) is 3.46. The molecule has 2 rings (SSSR count). The second kappa shape index (κ2) is 4.55. The second-order valence-corrected chi connectivity index (χ2v) is 4.31. The Morgan fingerprint density at radius 1 is 1.65 bits per heavy atom. The predicted molar refractivity (Wildman–Crippen MR) is 63.5 cm³/mol. The minimum Gasteiger partial charge on any atom is -0.481 e. The monoisotopic (exact) mass is 293 g/mol. The van der Waals surface area contributed by atoms with Gasteiger partial charge in [-0.1, -0.05) is 0 Å².